The summed E-state index contributed by atoms with van der Waals surface area (Å²) in [5.74, 6) is -0.0189. The van der Waals surface area contributed by atoms with E-state index in [0.29, 0.717) is 0 Å². The van der Waals surface area contributed by atoms with Gasteiger partial charge in [0.25, 0.3) is 0 Å². The van der Waals surface area contributed by atoms with Crippen LogP contribution in [0.3, 0.4) is 0 Å². The third-order valence-electron chi connectivity index (χ3n) is 4.60. The maximum atomic E-state index is 12.4. The Bertz CT molecular complexity index is 523. The zero-order valence-corrected chi connectivity index (χ0v) is 19.5. The molecule has 0 aromatic rings. The van der Waals surface area contributed by atoms with Gasteiger partial charge in [0.05, 0.1) is 18.2 Å². The van der Waals surface area contributed by atoms with Crippen molar-refractivity contribution < 1.29 is 24.1 Å². The highest BCUT2D eigenvalue weighted by atomic mass is 28.3. The van der Waals surface area contributed by atoms with Gasteiger partial charge >= 0.3 is 6.09 Å². The lowest BCUT2D eigenvalue weighted by molar-refractivity contribution is -0.108. The van der Waals surface area contributed by atoms with Crippen LogP contribution < -0.4 is 5.32 Å². The van der Waals surface area contributed by atoms with Crippen molar-refractivity contribution in [3.8, 4) is 0 Å². The number of hydrogen-bond donors (Lipinski definition) is 2. The van der Waals surface area contributed by atoms with Gasteiger partial charge in [-0.15, -0.1) is 0 Å². The molecular formula is C20H39NO5Si. The predicted octanol–water partition coefficient (Wildman–Crippen LogP) is 3.78. The van der Waals surface area contributed by atoms with E-state index in [1.807, 2.05) is 27.7 Å². The Balaban J connectivity index is 3.15. The number of aliphatic hydroxyl groups is 1. The summed E-state index contributed by atoms with van der Waals surface area (Å²) in [5.41, 5.74) is 0.386. The van der Waals surface area contributed by atoms with Crippen molar-refractivity contribution in [2.75, 3.05) is 13.9 Å². The molecule has 0 radical (unpaired) electrons. The second-order valence-corrected chi connectivity index (χ2v) is 15.3. The van der Waals surface area contributed by atoms with Crippen LogP contribution in [-0.4, -0.2) is 57.0 Å². The SMILES string of the molecule is COCO[C@H]1[C@@H](C)[C@H](NC(=O)OC(C)(C)C)[C@H](O)C(C[Si](C)(C)C)=C[C@H]1C. The van der Waals surface area contributed by atoms with Gasteiger partial charge in [-0.25, -0.2) is 4.79 Å². The van der Waals surface area contributed by atoms with Gasteiger partial charge in [-0.2, -0.15) is 0 Å². The van der Waals surface area contributed by atoms with Gasteiger partial charge in [0.1, 0.15) is 12.4 Å². The first kappa shape index (κ1) is 24.1. The quantitative estimate of drug-likeness (QED) is 0.402. The minimum atomic E-state index is -1.45. The summed E-state index contributed by atoms with van der Waals surface area (Å²) in [6.07, 6.45) is 0.651. The molecule has 0 aromatic carbocycles. The molecule has 6 nitrogen and oxygen atoms in total. The molecule has 7 heteroatoms. The van der Waals surface area contributed by atoms with Gasteiger partial charge in [-0.05, 0) is 32.4 Å². The van der Waals surface area contributed by atoms with E-state index >= 15 is 0 Å². The van der Waals surface area contributed by atoms with Crippen LogP contribution in [0.1, 0.15) is 34.6 Å². The summed E-state index contributed by atoms with van der Waals surface area (Å²) in [6.45, 7) is 16.5. The molecular weight excluding hydrogens is 362 g/mol. The molecule has 5 atom stereocenters. The van der Waals surface area contributed by atoms with E-state index in [1.54, 1.807) is 7.11 Å². The minimum Gasteiger partial charge on any atom is -0.444 e. The molecule has 0 heterocycles. The maximum absolute atomic E-state index is 12.4. The van der Waals surface area contributed by atoms with E-state index in [1.165, 1.54) is 0 Å². The Hall–Kier alpha value is -0.893. The number of hydrogen-bond acceptors (Lipinski definition) is 5. The predicted molar refractivity (Wildman–Crippen MR) is 110 cm³/mol. The first-order chi connectivity index (χ1) is 12.2. The van der Waals surface area contributed by atoms with E-state index in [2.05, 4.69) is 38.0 Å². The second-order valence-electron chi connectivity index (χ2n) is 9.85. The van der Waals surface area contributed by atoms with Gasteiger partial charge in [0.2, 0.25) is 0 Å². The molecule has 0 saturated carbocycles. The lowest BCUT2D eigenvalue weighted by Gasteiger charge is -2.35. The lowest BCUT2D eigenvalue weighted by Crippen LogP contribution is -2.52. The molecule has 27 heavy (non-hydrogen) atoms. The van der Waals surface area contributed by atoms with Crippen molar-refractivity contribution >= 4 is 14.2 Å². The molecule has 0 fully saturated rings. The molecule has 0 aromatic heterocycles. The summed E-state index contributed by atoms with van der Waals surface area (Å²) in [5, 5.41) is 14.0. The summed E-state index contributed by atoms with van der Waals surface area (Å²) in [4.78, 5) is 12.4. The van der Waals surface area contributed by atoms with Gasteiger partial charge in [-0.3, -0.25) is 0 Å². The Morgan fingerprint density at radius 3 is 2.33 bits per heavy atom. The first-order valence-corrected chi connectivity index (χ1v) is 13.4. The molecule has 1 aliphatic carbocycles. The topological polar surface area (TPSA) is 77.0 Å². The number of amides is 1. The summed E-state index contributed by atoms with van der Waals surface area (Å²) >= 11 is 0. The monoisotopic (exact) mass is 401 g/mol. The van der Waals surface area contributed by atoms with Crippen molar-refractivity contribution in [2.45, 2.75) is 84.2 Å². The van der Waals surface area contributed by atoms with Gasteiger partial charge < -0.3 is 24.6 Å². The van der Waals surface area contributed by atoms with Gasteiger partial charge in [0, 0.05) is 27.0 Å². The molecule has 1 rings (SSSR count). The zero-order valence-electron chi connectivity index (χ0n) is 18.5. The van der Waals surface area contributed by atoms with Crippen LogP contribution in [0, 0.1) is 11.8 Å². The van der Waals surface area contributed by atoms with E-state index in [9.17, 15) is 9.90 Å². The van der Waals surface area contributed by atoms with E-state index in [0.717, 1.165) is 11.6 Å². The number of carbonyl (C=O) groups is 1. The number of aliphatic hydroxyl groups excluding tert-OH is 1. The molecule has 1 aliphatic rings. The molecule has 0 unspecified atom stereocenters. The molecule has 1 amide bonds. The zero-order chi connectivity index (χ0) is 21.0. The standard InChI is InChI=1S/C20H39NO5Si/c1-13-10-15(11-27(7,8)9)17(22)16(14(2)18(13)25-12-24-6)21-19(23)26-20(3,4)5/h10,13-14,16-18,22H,11-12H2,1-9H3,(H,21,23)/t13-,14+,16+,17-,18-/m1/s1. The Labute approximate surface area is 165 Å². The van der Waals surface area contributed by atoms with E-state index in [-0.39, 0.29) is 24.7 Å². The lowest BCUT2D eigenvalue weighted by atomic mass is 9.88. The number of rotatable bonds is 6. The van der Waals surface area contributed by atoms with Crippen molar-refractivity contribution in [3.63, 3.8) is 0 Å². The van der Waals surface area contributed by atoms with Crippen molar-refractivity contribution in [1.82, 2.24) is 5.32 Å². The summed E-state index contributed by atoms with van der Waals surface area (Å²) in [7, 11) is 0.134. The van der Waals surface area contributed by atoms with Crippen LogP contribution in [-0.2, 0) is 14.2 Å². The highest BCUT2D eigenvalue weighted by molar-refractivity contribution is 6.76. The Morgan fingerprint density at radius 2 is 1.85 bits per heavy atom. The molecule has 0 bridgehead atoms. The molecule has 0 aliphatic heterocycles. The third kappa shape index (κ3) is 7.93. The van der Waals surface area contributed by atoms with Crippen molar-refractivity contribution in [2.24, 2.45) is 11.8 Å². The Morgan fingerprint density at radius 1 is 1.26 bits per heavy atom. The fourth-order valence-electron chi connectivity index (χ4n) is 3.61. The average Bonchev–Trinajstić information content (AvgIpc) is 2.54. The number of nitrogens with one attached hydrogen (secondary N) is 1. The van der Waals surface area contributed by atoms with E-state index < -0.39 is 31.9 Å². The maximum Gasteiger partial charge on any atom is 0.407 e. The largest absolute Gasteiger partial charge is 0.444 e. The molecule has 158 valence electrons. The number of methoxy groups -OCH3 is 1. The smallest absolute Gasteiger partial charge is 0.407 e. The van der Waals surface area contributed by atoms with Gasteiger partial charge in [-0.1, -0.05) is 39.6 Å². The molecule has 0 spiro atoms. The Kier molecular flexibility index (Phi) is 8.53. The highest BCUT2D eigenvalue weighted by Crippen LogP contribution is 2.33. The first-order valence-electron chi connectivity index (χ1n) is 9.74. The van der Waals surface area contributed by atoms with Gasteiger partial charge in [0.15, 0.2) is 0 Å². The van der Waals surface area contributed by atoms with Crippen LogP contribution in [0.4, 0.5) is 4.79 Å². The fraction of sp³-hybridized carbons (Fsp3) is 0.850. The van der Waals surface area contributed by atoms with Crippen LogP contribution in [0.5, 0.6) is 0 Å². The van der Waals surface area contributed by atoms with Crippen LogP contribution >= 0.6 is 0 Å². The number of alkyl carbamates (subject to hydrolysis) is 1. The van der Waals surface area contributed by atoms with Crippen LogP contribution in [0.2, 0.25) is 25.7 Å². The van der Waals surface area contributed by atoms with Crippen LogP contribution in [0.15, 0.2) is 11.6 Å². The van der Waals surface area contributed by atoms with E-state index in [4.69, 9.17) is 14.2 Å². The number of ether oxygens (including phenoxy) is 3. The average molecular weight is 402 g/mol. The van der Waals surface area contributed by atoms with Crippen molar-refractivity contribution in [1.29, 1.82) is 0 Å². The number of carbonyl (C=O) groups excluding carboxylic acids is 1. The second kappa shape index (κ2) is 9.54. The fourth-order valence-corrected chi connectivity index (χ4v) is 5.16. The third-order valence-corrected chi connectivity index (χ3v) is 6.07. The summed E-state index contributed by atoms with van der Waals surface area (Å²) in [6, 6.07) is 0.378. The highest BCUT2D eigenvalue weighted by Gasteiger charge is 2.41. The molecule has 0 saturated heterocycles. The minimum absolute atomic E-state index is 0.0987. The molecule has 2 N–H and O–H groups in total. The van der Waals surface area contributed by atoms with Crippen LogP contribution in [0.25, 0.3) is 0 Å². The van der Waals surface area contributed by atoms with Crippen molar-refractivity contribution in [3.05, 3.63) is 11.6 Å². The normalized spacial score (nSPS) is 29.7. The summed E-state index contributed by atoms with van der Waals surface area (Å²) < 4.78 is 16.4.